The normalized spacial score (nSPS) is 18.0. The van der Waals surface area contributed by atoms with Crippen molar-refractivity contribution in [3.05, 3.63) is 41.5 Å². The Balaban J connectivity index is 0.000000444. The van der Waals surface area contributed by atoms with E-state index in [2.05, 4.69) is 35.2 Å². The van der Waals surface area contributed by atoms with Crippen LogP contribution < -0.4 is 14.2 Å². The van der Waals surface area contributed by atoms with Crippen molar-refractivity contribution >= 4 is 31.9 Å². The van der Waals surface area contributed by atoms with E-state index in [1.807, 2.05) is 0 Å². The highest BCUT2D eigenvalue weighted by Gasteiger charge is 2.32. The lowest BCUT2D eigenvalue weighted by Gasteiger charge is -2.33. The zero-order valence-corrected chi connectivity index (χ0v) is 19.1. The number of fused-ring (bicyclic) bond motifs is 7. The predicted octanol–water partition coefficient (Wildman–Crippen LogP) is 3.89. The van der Waals surface area contributed by atoms with Crippen molar-refractivity contribution in [2.45, 2.75) is 31.8 Å². The van der Waals surface area contributed by atoms with Gasteiger partial charge in [-0.25, -0.2) is 0 Å². The molecule has 2 aliphatic rings. The molecule has 1 saturated heterocycles. The molecule has 0 bridgehead atoms. The van der Waals surface area contributed by atoms with Gasteiger partial charge in [-0.3, -0.25) is 14.0 Å². The van der Waals surface area contributed by atoms with E-state index in [4.69, 9.17) is 31.7 Å². The van der Waals surface area contributed by atoms with Gasteiger partial charge in [0.15, 0.2) is 11.5 Å². The first-order valence-electron chi connectivity index (χ1n) is 10.3. The summed E-state index contributed by atoms with van der Waals surface area (Å²) in [6.45, 7) is 2.23. The molecule has 2 heterocycles. The van der Waals surface area contributed by atoms with Crippen molar-refractivity contribution in [1.29, 1.82) is 0 Å². The Morgan fingerprint density at radius 3 is 2.12 bits per heavy atom. The first-order chi connectivity index (χ1) is 15.2. The van der Waals surface area contributed by atoms with Gasteiger partial charge in [-0.1, -0.05) is 6.07 Å². The second-order valence-corrected chi connectivity index (χ2v) is 8.94. The fourth-order valence-electron chi connectivity index (χ4n) is 5.00. The van der Waals surface area contributed by atoms with Gasteiger partial charge in [-0.15, -0.1) is 0 Å². The summed E-state index contributed by atoms with van der Waals surface area (Å²) in [6.07, 6.45) is 3.74. The van der Waals surface area contributed by atoms with Crippen molar-refractivity contribution in [3.8, 4) is 17.2 Å². The van der Waals surface area contributed by atoms with Crippen LogP contribution in [0.3, 0.4) is 0 Å². The second-order valence-electron chi connectivity index (χ2n) is 8.04. The number of nitrogens with zero attached hydrogens (tertiary/aromatic N) is 1. The molecule has 2 N–H and O–H groups in total. The van der Waals surface area contributed by atoms with E-state index in [1.165, 1.54) is 52.1 Å². The molecular weight excluding hydrogens is 434 g/mol. The maximum absolute atomic E-state index is 8.74. The van der Waals surface area contributed by atoms with E-state index in [0.29, 0.717) is 6.04 Å². The Morgan fingerprint density at radius 2 is 1.50 bits per heavy atom. The first-order valence-corrected chi connectivity index (χ1v) is 11.7. The molecule has 1 fully saturated rings. The summed E-state index contributed by atoms with van der Waals surface area (Å²) >= 11 is 0. The van der Waals surface area contributed by atoms with Gasteiger partial charge in [0.1, 0.15) is 5.75 Å². The summed E-state index contributed by atoms with van der Waals surface area (Å²) in [4.78, 5) is 2.65. The fraction of sp³-hybridized carbons (Fsp3) is 0.391. The minimum absolute atomic E-state index is 0.681. The first kappa shape index (κ1) is 22.6. The molecule has 0 spiro atoms. The van der Waals surface area contributed by atoms with Crippen LogP contribution in [0, 0.1) is 0 Å². The van der Waals surface area contributed by atoms with Crippen molar-refractivity contribution in [2.24, 2.45) is 0 Å². The SMILES string of the molecule is COc1ccc2c3c(c4cc(OC)c(OC)cc4c2c1)CN1CCC[C@H]1C3.O=S(=O)(O)O. The molecule has 9 heteroatoms. The third kappa shape index (κ3) is 4.33. The largest absolute Gasteiger partial charge is 0.497 e. The van der Waals surface area contributed by atoms with Crippen molar-refractivity contribution in [1.82, 2.24) is 4.90 Å². The van der Waals surface area contributed by atoms with Crippen molar-refractivity contribution in [2.75, 3.05) is 27.9 Å². The number of hydrogen-bond donors (Lipinski definition) is 2. The molecule has 32 heavy (non-hydrogen) atoms. The minimum Gasteiger partial charge on any atom is -0.497 e. The average molecular weight is 462 g/mol. The molecule has 2 aliphatic heterocycles. The lowest BCUT2D eigenvalue weighted by Crippen LogP contribution is -2.35. The van der Waals surface area contributed by atoms with Crippen LogP contribution in [0.1, 0.15) is 24.0 Å². The van der Waals surface area contributed by atoms with E-state index in [0.717, 1.165) is 30.2 Å². The monoisotopic (exact) mass is 461 g/mol. The molecule has 8 nitrogen and oxygen atoms in total. The lowest BCUT2D eigenvalue weighted by molar-refractivity contribution is 0.229. The standard InChI is InChI=1S/C23H25NO3.H2O4S/c1-25-15-6-7-16-17-9-14-5-4-8-24(14)13-21(17)20-12-23(27-3)22(26-2)11-19(20)18(16)10-15;1-5(2,3)4/h6-7,10-12,14H,4-5,8-9,13H2,1-3H3;(H2,1,2,3,4)/t14-;/m0./s1. The van der Waals surface area contributed by atoms with E-state index in [9.17, 15) is 0 Å². The maximum Gasteiger partial charge on any atom is 0.394 e. The summed E-state index contributed by atoms with van der Waals surface area (Å²) in [5, 5.41) is 5.05. The Hall–Kier alpha value is -2.59. The summed E-state index contributed by atoms with van der Waals surface area (Å²) < 4.78 is 48.3. The van der Waals surface area contributed by atoms with Crippen LogP contribution in [-0.4, -0.2) is 56.3 Å². The number of rotatable bonds is 3. The van der Waals surface area contributed by atoms with Gasteiger partial charge < -0.3 is 14.2 Å². The molecule has 3 aromatic carbocycles. The highest BCUT2D eigenvalue weighted by molar-refractivity contribution is 7.79. The van der Waals surface area contributed by atoms with Crippen LogP contribution in [0.5, 0.6) is 17.2 Å². The average Bonchev–Trinajstić information content (AvgIpc) is 3.23. The Kier molecular flexibility index (Phi) is 6.17. The molecule has 0 amide bonds. The van der Waals surface area contributed by atoms with Gasteiger partial charge >= 0.3 is 10.4 Å². The molecule has 0 unspecified atom stereocenters. The molecule has 3 aromatic rings. The molecule has 0 radical (unpaired) electrons. The van der Waals surface area contributed by atoms with Crippen LogP contribution in [-0.2, 0) is 23.4 Å². The summed E-state index contributed by atoms with van der Waals surface area (Å²) in [7, 11) is 0.457. The smallest absolute Gasteiger partial charge is 0.394 e. The third-order valence-corrected chi connectivity index (χ3v) is 6.36. The van der Waals surface area contributed by atoms with E-state index >= 15 is 0 Å². The van der Waals surface area contributed by atoms with Gasteiger partial charge in [0.25, 0.3) is 0 Å². The fourth-order valence-corrected chi connectivity index (χ4v) is 5.00. The van der Waals surface area contributed by atoms with Crippen LogP contribution in [0.2, 0.25) is 0 Å². The molecule has 0 aromatic heterocycles. The van der Waals surface area contributed by atoms with Crippen molar-refractivity contribution in [3.63, 3.8) is 0 Å². The van der Waals surface area contributed by atoms with E-state index in [1.54, 1.807) is 21.3 Å². The second kappa shape index (κ2) is 8.74. The zero-order chi connectivity index (χ0) is 23.0. The van der Waals surface area contributed by atoms with Gasteiger partial charge in [-0.05, 0) is 82.7 Å². The number of ether oxygens (including phenoxy) is 3. The Labute approximate surface area is 187 Å². The quantitative estimate of drug-likeness (QED) is 0.447. The van der Waals surface area contributed by atoms with Gasteiger partial charge in [0, 0.05) is 12.6 Å². The summed E-state index contributed by atoms with van der Waals surface area (Å²) in [6, 6.07) is 11.4. The molecule has 0 aliphatic carbocycles. The van der Waals surface area contributed by atoms with E-state index < -0.39 is 10.4 Å². The van der Waals surface area contributed by atoms with Crippen LogP contribution >= 0.6 is 0 Å². The van der Waals surface area contributed by atoms with Crippen LogP contribution in [0.4, 0.5) is 0 Å². The zero-order valence-electron chi connectivity index (χ0n) is 18.3. The third-order valence-electron chi connectivity index (χ3n) is 6.36. The summed E-state index contributed by atoms with van der Waals surface area (Å²) in [5.74, 6) is 2.44. The highest BCUT2D eigenvalue weighted by atomic mass is 32.3. The number of benzene rings is 3. The highest BCUT2D eigenvalue weighted by Crippen LogP contribution is 2.44. The maximum atomic E-state index is 8.74. The van der Waals surface area contributed by atoms with Crippen LogP contribution in [0.15, 0.2) is 30.3 Å². The summed E-state index contributed by atoms with van der Waals surface area (Å²) in [5.41, 5.74) is 2.94. The molecule has 0 saturated carbocycles. The molecular formula is C23H27NO7S. The minimum atomic E-state index is -4.67. The van der Waals surface area contributed by atoms with Gasteiger partial charge in [-0.2, -0.15) is 8.42 Å². The lowest BCUT2D eigenvalue weighted by atomic mass is 9.85. The predicted molar refractivity (Wildman–Crippen MR) is 122 cm³/mol. The molecule has 172 valence electrons. The number of methoxy groups -OCH3 is 3. The van der Waals surface area contributed by atoms with Crippen LogP contribution in [0.25, 0.3) is 21.5 Å². The van der Waals surface area contributed by atoms with Crippen molar-refractivity contribution < 1.29 is 31.7 Å². The Bertz CT molecular complexity index is 1260. The topological polar surface area (TPSA) is 106 Å². The van der Waals surface area contributed by atoms with Gasteiger partial charge in [0.05, 0.1) is 21.3 Å². The number of hydrogen-bond acceptors (Lipinski definition) is 6. The molecule has 5 rings (SSSR count). The molecule has 1 atom stereocenters. The van der Waals surface area contributed by atoms with E-state index in [-0.39, 0.29) is 0 Å². The van der Waals surface area contributed by atoms with Gasteiger partial charge in [0.2, 0.25) is 0 Å². The Morgan fingerprint density at radius 1 is 0.875 bits per heavy atom.